The molecule has 0 unspecified atom stereocenters. The number of ether oxygens (including phenoxy) is 1. The summed E-state index contributed by atoms with van der Waals surface area (Å²) in [5.74, 6) is 0.526. The number of nitrogens with two attached hydrogens (primary N) is 1. The molecule has 12 heteroatoms. The number of hydrogen-bond donors (Lipinski definition) is 3. The molecule has 0 saturated carbocycles. The molecule has 2 aromatic carbocycles. The SMILES string of the molecule is COc1ccc(S(=O)(=O)Nc2ccc(Nc3ccc(-n4nc(C)c(C)c4C)nn3)cc2)cc1C(N)=O. The van der Waals surface area contributed by atoms with Gasteiger partial charge >= 0.3 is 0 Å². The lowest BCUT2D eigenvalue weighted by Gasteiger charge is -2.12. The molecule has 0 aliphatic heterocycles. The summed E-state index contributed by atoms with van der Waals surface area (Å²) in [6, 6.07) is 14.1. The Labute approximate surface area is 208 Å². The van der Waals surface area contributed by atoms with E-state index in [1.165, 1.54) is 25.3 Å². The van der Waals surface area contributed by atoms with Crippen LogP contribution in [0.2, 0.25) is 0 Å². The molecule has 0 aliphatic rings. The topological polar surface area (TPSA) is 154 Å². The second-order valence-electron chi connectivity index (χ2n) is 8.02. The predicted octanol–water partition coefficient (Wildman–Crippen LogP) is 3.24. The van der Waals surface area contributed by atoms with Crippen molar-refractivity contribution >= 4 is 33.1 Å². The lowest BCUT2D eigenvalue weighted by atomic mass is 10.2. The smallest absolute Gasteiger partial charge is 0.261 e. The van der Waals surface area contributed by atoms with Gasteiger partial charge in [0, 0.05) is 17.1 Å². The van der Waals surface area contributed by atoms with Crippen molar-refractivity contribution in [2.24, 2.45) is 5.73 Å². The lowest BCUT2D eigenvalue weighted by molar-refractivity contribution is 0.0997. The number of rotatable bonds is 8. The van der Waals surface area contributed by atoms with Gasteiger partial charge in [-0.3, -0.25) is 9.52 Å². The number of benzene rings is 2. The molecule has 0 aliphatic carbocycles. The van der Waals surface area contributed by atoms with Gasteiger partial charge in [-0.05, 0) is 80.9 Å². The van der Waals surface area contributed by atoms with Gasteiger partial charge in [0.05, 0.1) is 23.3 Å². The van der Waals surface area contributed by atoms with E-state index in [9.17, 15) is 13.2 Å². The summed E-state index contributed by atoms with van der Waals surface area (Å²) < 4.78 is 34.9. The number of amides is 1. The first-order valence-electron chi connectivity index (χ1n) is 10.8. The summed E-state index contributed by atoms with van der Waals surface area (Å²) in [7, 11) is -2.60. The molecule has 1 amide bonds. The van der Waals surface area contributed by atoms with Gasteiger partial charge in [0.15, 0.2) is 11.6 Å². The lowest BCUT2D eigenvalue weighted by Crippen LogP contribution is -2.16. The number of methoxy groups -OCH3 is 1. The van der Waals surface area contributed by atoms with E-state index in [-0.39, 0.29) is 16.2 Å². The number of nitrogens with zero attached hydrogens (tertiary/aromatic N) is 4. The van der Waals surface area contributed by atoms with E-state index in [0.717, 1.165) is 17.0 Å². The van der Waals surface area contributed by atoms with E-state index in [2.05, 4.69) is 25.3 Å². The molecular formula is C24H25N7O4S. The van der Waals surface area contributed by atoms with Crippen molar-refractivity contribution in [2.45, 2.75) is 25.7 Å². The highest BCUT2D eigenvalue weighted by molar-refractivity contribution is 7.92. The highest BCUT2D eigenvalue weighted by Gasteiger charge is 2.19. The Balaban J connectivity index is 1.46. The molecule has 2 aromatic heterocycles. The van der Waals surface area contributed by atoms with E-state index < -0.39 is 15.9 Å². The average Bonchev–Trinajstić information content (AvgIpc) is 3.12. The van der Waals surface area contributed by atoms with E-state index in [4.69, 9.17) is 10.5 Å². The summed E-state index contributed by atoms with van der Waals surface area (Å²) >= 11 is 0. The molecular weight excluding hydrogens is 482 g/mol. The average molecular weight is 508 g/mol. The first-order chi connectivity index (χ1) is 17.1. The number of aryl methyl sites for hydroxylation is 1. The maximum absolute atomic E-state index is 12.8. The number of nitrogens with one attached hydrogen (secondary N) is 2. The van der Waals surface area contributed by atoms with Gasteiger partial charge in [0.2, 0.25) is 0 Å². The van der Waals surface area contributed by atoms with Crippen LogP contribution in [0.25, 0.3) is 5.82 Å². The van der Waals surface area contributed by atoms with Crippen LogP contribution in [-0.4, -0.2) is 41.4 Å². The van der Waals surface area contributed by atoms with Gasteiger partial charge in [-0.25, -0.2) is 13.1 Å². The van der Waals surface area contributed by atoms with Gasteiger partial charge in [-0.1, -0.05) is 0 Å². The monoisotopic (exact) mass is 507 g/mol. The van der Waals surface area contributed by atoms with E-state index in [0.29, 0.717) is 23.0 Å². The Kier molecular flexibility index (Phi) is 6.62. The van der Waals surface area contributed by atoms with Crippen LogP contribution in [0.5, 0.6) is 5.75 Å². The minimum atomic E-state index is -3.97. The molecule has 4 rings (SSSR count). The third-order valence-corrected chi connectivity index (χ3v) is 7.06. The summed E-state index contributed by atoms with van der Waals surface area (Å²) in [5, 5.41) is 16.1. The van der Waals surface area contributed by atoms with E-state index >= 15 is 0 Å². The molecule has 11 nitrogen and oxygen atoms in total. The third-order valence-electron chi connectivity index (χ3n) is 5.68. The number of primary amides is 1. The van der Waals surface area contributed by atoms with Crippen LogP contribution in [0.1, 0.15) is 27.3 Å². The standard InChI is InChI=1S/C24H25N7O4S/c1-14-15(2)29-31(16(14)3)23-12-11-22(27-28-23)26-17-5-7-18(8-6-17)30-36(33,34)19-9-10-21(35-4)20(13-19)24(25)32/h5-13,30H,1-4H3,(H2,25,32)(H,26,27). The summed E-state index contributed by atoms with van der Waals surface area (Å²) in [4.78, 5) is 11.5. The summed E-state index contributed by atoms with van der Waals surface area (Å²) in [6.45, 7) is 5.93. The number of aromatic nitrogens is 4. The van der Waals surface area contributed by atoms with Gasteiger partial charge in [0.25, 0.3) is 15.9 Å². The van der Waals surface area contributed by atoms with Gasteiger partial charge in [-0.2, -0.15) is 5.10 Å². The van der Waals surface area contributed by atoms with Gasteiger partial charge in [0.1, 0.15) is 5.75 Å². The molecule has 0 atom stereocenters. The Morgan fingerprint density at radius 2 is 1.67 bits per heavy atom. The molecule has 0 fully saturated rings. The second-order valence-corrected chi connectivity index (χ2v) is 9.70. The molecule has 186 valence electrons. The Morgan fingerprint density at radius 3 is 2.22 bits per heavy atom. The minimum absolute atomic E-state index is 0.0277. The van der Waals surface area contributed by atoms with Crippen molar-refractivity contribution in [3.63, 3.8) is 0 Å². The van der Waals surface area contributed by atoms with E-state index in [1.54, 1.807) is 35.0 Å². The van der Waals surface area contributed by atoms with Crippen LogP contribution >= 0.6 is 0 Å². The van der Waals surface area contributed by atoms with Crippen molar-refractivity contribution in [1.82, 2.24) is 20.0 Å². The summed E-state index contributed by atoms with van der Waals surface area (Å²) in [5.41, 5.74) is 9.36. The van der Waals surface area contributed by atoms with Crippen molar-refractivity contribution in [3.05, 3.63) is 77.1 Å². The number of anilines is 3. The minimum Gasteiger partial charge on any atom is -0.496 e. The van der Waals surface area contributed by atoms with E-state index in [1.807, 2.05) is 26.8 Å². The van der Waals surface area contributed by atoms with Crippen LogP contribution in [0.15, 0.2) is 59.5 Å². The molecule has 4 N–H and O–H groups in total. The summed E-state index contributed by atoms with van der Waals surface area (Å²) in [6.07, 6.45) is 0. The Hall–Kier alpha value is -4.45. The quantitative estimate of drug-likeness (QED) is 0.328. The molecule has 0 radical (unpaired) electrons. The molecule has 4 aromatic rings. The number of carbonyl (C=O) groups excluding carboxylic acids is 1. The predicted molar refractivity (Wildman–Crippen MR) is 135 cm³/mol. The fraction of sp³-hybridized carbons (Fsp3) is 0.167. The van der Waals surface area contributed by atoms with Crippen molar-refractivity contribution in [1.29, 1.82) is 0 Å². The maximum Gasteiger partial charge on any atom is 0.261 e. The van der Waals surface area contributed by atoms with Crippen molar-refractivity contribution < 1.29 is 17.9 Å². The Bertz CT molecular complexity index is 1530. The van der Waals surface area contributed by atoms with Crippen LogP contribution < -0.4 is 20.5 Å². The number of hydrogen-bond acceptors (Lipinski definition) is 8. The molecule has 0 spiro atoms. The highest BCUT2D eigenvalue weighted by atomic mass is 32.2. The number of carbonyl (C=O) groups is 1. The Morgan fingerprint density at radius 1 is 0.972 bits per heavy atom. The third kappa shape index (κ3) is 4.98. The van der Waals surface area contributed by atoms with Crippen LogP contribution in [0.4, 0.5) is 17.2 Å². The van der Waals surface area contributed by atoms with Crippen LogP contribution in [0, 0.1) is 20.8 Å². The highest BCUT2D eigenvalue weighted by Crippen LogP contribution is 2.25. The maximum atomic E-state index is 12.8. The zero-order valence-electron chi connectivity index (χ0n) is 20.1. The molecule has 2 heterocycles. The van der Waals surface area contributed by atoms with Gasteiger partial charge in [-0.15, -0.1) is 10.2 Å². The first-order valence-corrected chi connectivity index (χ1v) is 12.3. The number of sulfonamides is 1. The van der Waals surface area contributed by atoms with Crippen molar-refractivity contribution in [2.75, 3.05) is 17.1 Å². The first kappa shape index (κ1) is 24.7. The fourth-order valence-electron chi connectivity index (χ4n) is 3.48. The van der Waals surface area contributed by atoms with Crippen LogP contribution in [-0.2, 0) is 10.0 Å². The normalized spacial score (nSPS) is 11.2. The zero-order valence-corrected chi connectivity index (χ0v) is 20.9. The fourth-order valence-corrected chi connectivity index (χ4v) is 4.56. The second kappa shape index (κ2) is 9.66. The largest absolute Gasteiger partial charge is 0.496 e. The molecule has 0 bridgehead atoms. The molecule has 0 saturated heterocycles. The van der Waals surface area contributed by atoms with Gasteiger partial charge < -0.3 is 15.8 Å². The molecule has 36 heavy (non-hydrogen) atoms. The van der Waals surface area contributed by atoms with Crippen LogP contribution in [0.3, 0.4) is 0 Å². The zero-order chi connectivity index (χ0) is 26.0. The van der Waals surface area contributed by atoms with Crippen molar-refractivity contribution in [3.8, 4) is 11.6 Å².